The van der Waals surface area contributed by atoms with Gasteiger partial charge in [0.05, 0.1) is 12.1 Å². The summed E-state index contributed by atoms with van der Waals surface area (Å²) >= 11 is 0. The fourth-order valence-electron chi connectivity index (χ4n) is 2.71. The summed E-state index contributed by atoms with van der Waals surface area (Å²) in [4.78, 5) is 14.2. The van der Waals surface area contributed by atoms with Crippen molar-refractivity contribution < 1.29 is 18.7 Å². The van der Waals surface area contributed by atoms with E-state index in [2.05, 4.69) is 5.32 Å². The quantitative estimate of drug-likeness (QED) is 0.877. The van der Waals surface area contributed by atoms with Crippen molar-refractivity contribution >= 4 is 5.91 Å². The molecule has 0 radical (unpaired) electrons. The number of halogens is 2. The Morgan fingerprint density at radius 3 is 2.71 bits per heavy atom. The molecule has 1 aromatic rings. The maximum atomic E-state index is 13.8. The lowest BCUT2D eigenvalue weighted by molar-refractivity contribution is -0.134. The standard InChI is InChI=1S/C15H18F2N2O2/c16-10-2-1-9(13(17)5-10)8-19(11-3-4-11)15(21)14-6-12(20)7-18-14/h1-2,5,11-12,14,18,20H,3-4,6-8H2. The van der Waals surface area contributed by atoms with Gasteiger partial charge in [-0.05, 0) is 25.3 Å². The van der Waals surface area contributed by atoms with Crippen LogP contribution in [0.15, 0.2) is 18.2 Å². The fourth-order valence-corrected chi connectivity index (χ4v) is 2.71. The van der Waals surface area contributed by atoms with Gasteiger partial charge >= 0.3 is 0 Å². The minimum atomic E-state index is -0.632. The fraction of sp³-hybridized carbons (Fsp3) is 0.533. The van der Waals surface area contributed by atoms with Gasteiger partial charge in [-0.25, -0.2) is 8.78 Å². The Labute approximate surface area is 121 Å². The number of nitrogens with one attached hydrogen (secondary N) is 1. The van der Waals surface area contributed by atoms with Crippen LogP contribution in [0.2, 0.25) is 0 Å². The number of hydrogen-bond donors (Lipinski definition) is 2. The number of benzene rings is 1. The number of nitrogens with zero attached hydrogens (tertiary/aromatic N) is 1. The molecule has 0 spiro atoms. The van der Waals surface area contributed by atoms with Crippen LogP contribution in [0.5, 0.6) is 0 Å². The Balaban J connectivity index is 1.74. The first-order valence-electron chi connectivity index (χ1n) is 7.20. The molecule has 1 amide bonds. The van der Waals surface area contributed by atoms with Gasteiger partial charge in [0.25, 0.3) is 0 Å². The molecule has 0 aromatic heterocycles. The molecule has 2 unspecified atom stereocenters. The van der Waals surface area contributed by atoms with Gasteiger partial charge < -0.3 is 15.3 Å². The molecule has 1 aliphatic heterocycles. The highest BCUT2D eigenvalue weighted by atomic mass is 19.1. The number of hydrogen-bond acceptors (Lipinski definition) is 3. The Hall–Kier alpha value is -1.53. The minimum Gasteiger partial charge on any atom is -0.392 e. The van der Waals surface area contributed by atoms with E-state index in [0.717, 1.165) is 18.9 Å². The minimum absolute atomic E-state index is 0.113. The number of aliphatic hydroxyl groups excluding tert-OH is 1. The van der Waals surface area contributed by atoms with E-state index in [9.17, 15) is 18.7 Å². The van der Waals surface area contributed by atoms with Crippen molar-refractivity contribution in [2.45, 2.75) is 44.0 Å². The molecule has 1 aliphatic carbocycles. The maximum Gasteiger partial charge on any atom is 0.240 e. The number of β-amino-alcohol motifs (C(OH)–C–C–N with tert-alkyl or cyclic N) is 1. The molecule has 3 rings (SSSR count). The van der Waals surface area contributed by atoms with Crippen LogP contribution in [-0.2, 0) is 11.3 Å². The van der Waals surface area contributed by atoms with Crippen LogP contribution in [0, 0.1) is 11.6 Å². The van der Waals surface area contributed by atoms with Crippen LogP contribution < -0.4 is 5.32 Å². The smallest absolute Gasteiger partial charge is 0.240 e. The van der Waals surface area contributed by atoms with E-state index in [1.807, 2.05) is 0 Å². The van der Waals surface area contributed by atoms with Gasteiger partial charge in [0, 0.05) is 30.8 Å². The topological polar surface area (TPSA) is 52.6 Å². The van der Waals surface area contributed by atoms with E-state index in [4.69, 9.17) is 0 Å². The van der Waals surface area contributed by atoms with Gasteiger partial charge in [-0.3, -0.25) is 4.79 Å². The predicted octanol–water partition coefficient (Wildman–Crippen LogP) is 1.18. The first kappa shape index (κ1) is 14.4. The van der Waals surface area contributed by atoms with E-state index in [1.54, 1.807) is 4.90 Å². The summed E-state index contributed by atoms with van der Waals surface area (Å²) < 4.78 is 26.7. The van der Waals surface area contributed by atoms with Crippen LogP contribution in [0.1, 0.15) is 24.8 Å². The van der Waals surface area contributed by atoms with E-state index in [1.165, 1.54) is 12.1 Å². The summed E-state index contributed by atoms with van der Waals surface area (Å²) in [6, 6.07) is 3.13. The summed E-state index contributed by atoms with van der Waals surface area (Å²) in [5.74, 6) is -1.37. The van der Waals surface area contributed by atoms with Gasteiger partial charge in [0.1, 0.15) is 11.6 Å². The van der Waals surface area contributed by atoms with Crippen LogP contribution in [0.4, 0.5) is 8.78 Å². The third-order valence-corrected chi connectivity index (χ3v) is 4.03. The van der Waals surface area contributed by atoms with Crippen LogP contribution in [-0.4, -0.2) is 40.6 Å². The summed E-state index contributed by atoms with van der Waals surface area (Å²) in [6.45, 7) is 0.545. The zero-order chi connectivity index (χ0) is 15.0. The van der Waals surface area contributed by atoms with Gasteiger partial charge in [-0.15, -0.1) is 0 Å². The largest absolute Gasteiger partial charge is 0.392 e. The first-order chi connectivity index (χ1) is 10.0. The molecule has 21 heavy (non-hydrogen) atoms. The van der Waals surface area contributed by atoms with E-state index < -0.39 is 23.8 Å². The molecule has 2 fully saturated rings. The first-order valence-corrected chi connectivity index (χ1v) is 7.20. The summed E-state index contributed by atoms with van der Waals surface area (Å²) in [5.41, 5.74) is 0.315. The zero-order valence-electron chi connectivity index (χ0n) is 11.6. The monoisotopic (exact) mass is 296 g/mol. The van der Waals surface area contributed by atoms with E-state index >= 15 is 0 Å². The molecule has 114 valence electrons. The highest BCUT2D eigenvalue weighted by Gasteiger charge is 2.38. The van der Waals surface area contributed by atoms with Crippen molar-refractivity contribution in [2.24, 2.45) is 0 Å². The Morgan fingerprint density at radius 1 is 1.38 bits per heavy atom. The Morgan fingerprint density at radius 2 is 2.14 bits per heavy atom. The van der Waals surface area contributed by atoms with E-state index in [0.29, 0.717) is 18.5 Å². The maximum absolute atomic E-state index is 13.8. The molecule has 6 heteroatoms. The number of aliphatic hydroxyl groups is 1. The highest BCUT2D eigenvalue weighted by Crippen LogP contribution is 2.30. The average Bonchev–Trinajstić information content (AvgIpc) is 3.18. The highest BCUT2D eigenvalue weighted by molar-refractivity contribution is 5.83. The van der Waals surface area contributed by atoms with Crippen LogP contribution in [0.3, 0.4) is 0 Å². The molecule has 1 heterocycles. The lowest BCUT2D eigenvalue weighted by Gasteiger charge is -2.26. The summed E-state index contributed by atoms with van der Waals surface area (Å²) in [5, 5.41) is 12.5. The van der Waals surface area contributed by atoms with Crippen molar-refractivity contribution in [3.8, 4) is 0 Å². The lowest BCUT2D eigenvalue weighted by atomic mass is 10.1. The molecule has 2 atom stereocenters. The second kappa shape index (κ2) is 5.69. The second-order valence-electron chi connectivity index (χ2n) is 5.78. The molecule has 1 saturated carbocycles. The molecule has 2 aliphatic rings. The van der Waals surface area contributed by atoms with Crippen molar-refractivity contribution in [1.82, 2.24) is 10.2 Å². The van der Waals surface area contributed by atoms with Crippen molar-refractivity contribution in [1.29, 1.82) is 0 Å². The molecular weight excluding hydrogens is 278 g/mol. The van der Waals surface area contributed by atoms with Crippen LogP contribution >= 0.6 is 0 Å². The van der Waals surface area contributed by atoms with E-state index in [-0.39, 0.29) is 18.5 Å². The SMILES string of the molecule is O=C(C1CC(O)CN1)N(Cc1ccc(F)cc1F)C1CC1. The number of rotatable bonds is 4. The molecule has 0 bridgehead atoms. The third kappa shape index (κ3) is 3.22. The van der Waals surface area contributed by atoms with Crippen LogP contribution in [0.25, 0.3) is 0 Å². The number of carbonyl (C=O) groups is 1. The molecule has 1 aromatic carbocycles. The van der Waals surface area contributed by atoms with Gasteiger partial charge in [-0.2, -0.15) is 0 Å². The molecule has 2 N–H and O–H groups in total. The van der Waals surface area contributed by atoms with Crippen molar-refractivity contribution in [3.05, 3.63) is 35.4 Å². The zero-order valence-corrected chi connectivity index (χ0v) is 11.6. The van der Waals surface area contributed by atoms with Gasteiger partial charge in [0.15, 0.2) is 0 Å². The van der Waals surface area contributed by atoms with Gasteiger partial charge in [-0.1, -0.05) is 6.07 Å². The number of amides is 1. The molecule has 1 saturated heterocycles. The Kier molecular flexibility index (Phi) is 3.91. The predicted molar refractivity (Wildman–Crippen MR) is 72.3 cm³/mol. The van der Waals surface area contributed by atoms with Gasteiger partial charge in [0.2, 0.25) is 5.91 Å². The number of carbonyl (C=O) groups excluding carboxylic acids is 1. The Bertz CT molecular complexity index is 548. The molecule has 4 nitrogen and oxygen atoms in total. The van der Waals surface area contributed by atoms with Crippen molar-refractivity contribution in [2.75, 3.05) is 6.54 Å². The third-order valence-electron chi connectivity index (χ3n) is 4.03. The summed E-state index contributed by atoms with van der Waals surface area (Å²) in [6.07, 6.45) is 1.68. The second-order valence-corrected chi connectivity index (χ2v) is 5.78. The van der Waals surface area contributed by atoms with Crippen molar-refractivity contribution in [3.63, 3.8) is 0 Å². The average molecular weight is 296 g/mol. The lowest BCUT2D eigenvalue weighted by Crippen LogP contribution is -2.44. The molecular formula is C15H18F2N2O2. The normalized spacial score (nSPS) is 25.1. The summed E-state index contributed by atoms with van der Waals surface area (Å²) in [7, 11) is 0.